The summed E-state index contributed by atoms with van der Waals surface area (Å²) in [6.07, 6.45) is 0. The van der Waals surface area contributed by atoms with Crippen LogP contribution < -0.4 is 0 Å². The molecular formula is C14H11ClO2. The molecule has 0 spiro atoms. The number of halogens is 1. The minimum atomic E-state index is -0.140. The molecule has 0 unspecified atom stereocenters. The summed E-state index contributed by atoms with van der Waals surface area (Å²) in [5.41, 5.74) is 1.98. The third-order valence-corrected chi connectivity index (χ3v) is 2.83. The lowest BCUT2D eigenvalue weighted by molar-refractivity contribution is 0.103. The van der Waals surface area contributed by atoms with Gasteiger partial charge in [0.25, 0.3) is 0 Å². The second-order valence-electron chi connectivity index (χ2n) is 3.86. The van der Waals surface area contributed by atoms with Crippen LogP contribution in [0.3, 0.4) is 0 Å². The molecule has 0 aliphatic carbocycles. The van der Waals surface area contributed by atoms with E-state index < -0.39 is 0 Å². The first-order valence-electron chi connectivity index (χ1n) is 5.18. The third kappa shape index (κ3) is 2.48. The summed E-state index contributed by atoms with van der Waals surface area (Å²) < 4.78 is 0. The van der Waals surface area contributed by atoms with Crippen LogP contribution in [0.15, 0.2) is 42.5 Å². The van der Waals surface area contributed by atoms with E-state index in [0.29, 0.717) is 16.1 Å². The molecule has 17 heavy (non-hydrogen) atoms. The minimum absolute atomic E-state index is 0.136. The number of aryl methyl sites for hydroxylation is 1. The molecule has 2 aromatic rings. The van der Waals surface area contributed by atoms with Crippen molar-refractivity contribution in [2.45, 2.75) is 6.92 Å². The van der Waals surface area contributed by atoms with E-state index in [4.69, 9.17) is 11.6 Å². The zero-order chi connectivity index (χ0) is 12.4. The molecule has 0 saturated heterocycles. The Bertz CT molecular complexity index is 559. The third-order valence-electron chi connectivity index (χ3n) is 2.50. The molecule has 0 aliphatic rings. The molecule has 0 aromatic heterocycles. The lowest BCUT2D eigenvalue weighted by atomic mass is 10.0. The van der Waals surface area contributed by atoms with Crippen LogP contribution in [-0.2, 0) is 0 Å². The highest BCUT2D eigenvalue weighted by atomic mass is 35.5. The van der Waals surface area contributed by atoms with Crippen LogP contribution >= 0.6 is 11.6 Å². The highest BCUT2D eigenvalue weighted by Gasteiger charge is 2.12. The first-order chi connectivity index (χ1) is 8.08. The van der Waals surface area contributed by atoms with Gasteiger partial charge in [-0.05, 0) is 43.3 Å². The summed E-state index contributed by atoms with van der Waals surface area (Å²) in [6.45, 7) is 1.91. The van der Waals surface area contributed by atoms with Crippen LogP contribution in [0.1, 0.15) is 21.5 Å². The van der Waals surface area contributed by atoms with Gasteiger partial charge in [0.2, 0.25) is 0 Å². The lowest BCUT2D eigenvalue weighted by Crippen LogP contribution is -2.02. The van der Waals surface area contributed by atoms with Crippen molar-refractivity contribution in [2.75, 3.05) is 0 Å². The standard InChI is InChI=1S/C14H11ClO2/c1-9-2-7-13(15)12(8-9)14(17)10-3-5-11(16)6-4-10/h2-8,16H,1H3. The molecule has 2 nitrogen and oxygen atoms in total. The molecule has 2 rings (SSSR count). The van der Waals surface area contributed by atoms with Gasteiger partial charge >= 0.3 is 0 Å². The molecule has 0 heterocycles. The van der Waals surface area contributed by atoms with Gasteiger partial charge < -0.3 is 5.11 Å². The van der Waals surface area contributed by atoms with Gasteiger partial charge in [-0.1, -0.05) is 23.2 Å². The lowest BCUT2D eigenvalue weighted by Gasteiger charge is -2.05. The predicted octanol–water partition coefficient (Wildman–Crippen LogP) is 3.59. The van der Waals surface area contributed by atoms with E-state index in [1.165, 1.54) is 12.1 Å². The Hall–Kier alpha value is -1.80. The van der Waals surface area contributed by atoms with Crippen molar-refractivity contribution in [2.24, 2.45) is 0 Å². The van der Waals surface area contributed by atoms with Crippen LogP contribution in [0, 0.1) is 6.92 Å². The van der Waals surface area contributed by atoms with Crippen molar-refractivity contribution < 1.29 is 9.90 Å². The molecule has 86 valence electrons. The summed E-state index contributed by atoms with van der Waals surface area (Å²) in [7, 11) is 0. The molecule has 0 atom stereocenters. The summed E-state index contributed by atoms with van der Waals surface area (Å²) in [6, 6.07) is 11.5. The van der Waals surface area contributed by atoms with Crippen molar-refractivity contribution in [1.82, 2.24) is 0 Å². The summed E-state index contributed by atoms with van der Waals surface area (Å²) in [5, 5.41) is 9.61. The van der Waals surface area contributed by atoms with Gasteiger partial charge in [-0.3, -0.25) is 4.79 Å². The molecule has 0 bridgehead atoms. The van der Waals surface area contributed by atoms with Crippen molar-refractivity contribution in [3.63, 3.8) is 0 Å². The first kappa shape index (κ1) is 11.7. The maximum Gasteiger partial charge on any atom is 0.194 e. The molecule has 2 aromatic carbocycles. The Morgan fingerprint density at radius 3 is 2.41 bits per heavy atom. The fourth-order valence-corrected chi connectivity index (χ4v) is 1.78. The second-order valence-corrected chi connectivity index (χ2v) is 4.27. The van der Waals surface area contributed by atoms with E-state index in [-0.39, 0.29) is 11.5 Å². The van der Waals surface area contributed by atoms with Gasteiger partial charge in [-0.15, -0.1) is 0 Å². The van der Waals surface area contributed by atoms with Gasteiger partial charge in [-0.2, -0.15) is 0 Å². The van der Waals surface area contributed by atoms with E-state index in [0.717, 1.165) is 5.56 Å². The first-order valence-corrected chi connectivity index (χ1v) is 5.55. The van der Waals surface area contributed by atoms with Gasteiger partial charge in [0.05, 0.1) is 5.02 Å². The summed E-state index contributed by atoms with van der Waals surface area (Å²) in [5.74, 6) is -0.00408. The molecule has 0 amide bonds. The zero-order valence-corrected chi connectivity index (χ0v) is 10.0. The monoisotopic (exact) mass is 246 g/mol. The topological polar surface area (TPSA) is 37.3 Å². The normalized spacial score (nSPS) is 10.2. The zero-order valence-electron chi connectivity index (χ0n) is 9.27. The number of aromatic hydroxyl groups is 1. The number of carbonyl (C=O) groups excluding carboxylic acids is 1. The van der Waals surface area contributed by atoms with Crippen LogP contribution in [0.2, 0.25) is 5.02 Å². The Morgan fingerprint density at radius 2 is 1.76 bits per heavy atom. The summed E-state index contributed by atoms with van der Waals surface area (Å²) >= 11 is 6.00. The Morgan fingerprint density at radius 1 is 1.12 bits per heavy atom. The van der Waals surface area contributed by atoms with Crippen LogP contribution in [0.4, 0.5) is 0 Å². The fourth-order valence-electron chi connectivity index (χ4n) is 1.58. The van der Waals surface area contributed by atoms with E-state index in [2.05, 4.69) is 0 Å². The van der Waals surface area contributed by atoms with Crippen molar-refractivity contribution >= 4 is 17.4 Å². The minimum Gasteiger partial charge on any atom is -0.508 e. The Labute approximate surface area is 104 Å². The second kappa shape index (κ2) is 4.60. The number of rotatable bonds is 2. The highest BCUT2D eigenvalue weighted by Crippen LogP contribution is 2.21. The van der Waals surface area contributed by atoms with Gasteiger partial charge in [0, 0.05) is 11.1 Å². The molecule has 0 fully saturated rings. The van der Waals surface area contributed by atoms with E-state index in [9.17, 15) is 9.90 Å². The molecular weight excluding hydrogens is 236 g/mol. The van der Waals surface area contributed by atoms with E-state index >= 15 is 0 Å². The molecule has 0 saturated carbocycles. The summed E-state index contributed by atoms with van der Waals surface area (Å²) in [4.78, 5) is 12.2. The van der Waals surface area contributed by atoms with Crippen molar-refractivity contribution in [3.05, 3.63) is 64.2 Å². The van der Waals surface area contributed by atoms with Crippen LogP contribution in [0.25, 0.3) is 0 Å². The molecule has 0 aliphatic heterocycles. The van der Waals surface area contributed by atoms with Crippen LogP contribution in [0.5, 0.6) is 5.75 Å². The predicted molar refractivity (Wildman–Crippen MR) is 67.7 cm³/mol. The molecule has 3 heteroatoms. The average molecular weight is 247 g/mol. The Balaban J connectivity index is 2.43. The quantitative estimate of drug-likeness (QED) is 0.823. The largest absolute Gasteiger partial charge is 0.508 e. The Kier molecular flexibility index (Phi) is 3.16. The number of hydrogen-bond donors (Lipinski definition) is 1. The molecule has 1 N–H and O–H groups in total. The number of phenolic OH excluding ortho intramolecular Hbond substituents is 1. The van der Waals surface area contributed by atoms with E-state index in [1.54, 1.807) is 24.3 Å². The average Bonchev–Trinajstić information content (AvgIpc) is 2.32. The van der Waals surface area contributed by atoms with Gasteiger partial charge in [0.1, 0.15) is 5.75 Å². The maximum absolute atomic E-state index is 12.2. The van der Waals surface area contributed by atoms with Crippen molar-refractivity contribution in [3.8, 4) is 5.75 Å². The SMILES string of the molecule is Cc1ccc(Cl)c(C(=O)c2ccc(O)cc2)c1. The number of phenols is 1. The molecule has 0 radical (unpaired) electrons. The number of hydrogen-bond acceptors (Lipinski definition) is 2. The number of ketones is 1. The van der Waals surface area contributed by atoms with E-state index in [1.807, 2.05) is 13.0 Å². The highest BCUT2D eigenvalue weighted by molar-refractivity contribution is 6.35. The number of benzene rings is 2. The van der Waals surface area contributed by atoms with Gasteiger partial charge in [-0.25, -0.2) is 0 Å². The smallest absolute Gasteiger partial charge is 0.194 e. The number of carbonyl (C=O) groups is 1. The van der Waals surface area contributed by atoms with Gasteiger partial charge in [0.15, 0.2) is 5.78 Å². The van der Waals surface area contributed by atoms with Crippen molar-refractivity contribution in [1.29, 1.82) is 0 Å². The van der Waals surface area contributed by atoms with Crippen LogP contribution in [-0.4, -0.2) is 10.9 Å². The fraction of sp³-hybridized carbons (Fsp3) is 0.0714. The maximum atomic E-state index is 12.2.